The molecule has 0 radical (unpaired) electrons. The first-order chi connectivity index (χ1) is 9.11. The Morgan fingerprint density at radius 2 is 2.16 bits per heavy atom. The molecule has 100 valence electrons. The summed E-state index contributed by atoms with van der Waals surface area (Å²) in [6.07, 6.45) is 1.58. The summed E-state index contributed by atoms with van der Waals surface area (Å²) in [5.74, 6) is 1.15. The van der Waals surface area contributed by atoms with Crippen LogP contribution in [0.25, 0.3) is 0 Å². The minimum absolute atomic E-state index is 0.161. The minimum Gasteiger partial charge on any atom is -0.496 e. The van der Waals surface area contributed by atoms with Gasteiger partial charge in [-0.15, -0.1) is 0 Å². The van der Waals surface area contributed by atoms with Gasteiger partial charge in [0, 0.05) is 0 Å². The average Bonchev–Trinajstić information content (AvgIpc) is 2.88. The number of ether oxygens (including phenoxy) is 1. The molecule has 0 saturated carbocycles. The van der Waals surface area contributed by atoms with Crippen molar-refractivity contribution < 1.29 is 13.9 Å². The number of aryl methyl sites for hydroxylation is 2. The van der Waals surface area contributed by atoms with Gasteiger partial charge in [-0.25, -0.2) is 0 Å². The van der Waals surface area contributed by atoms with E-state index in [0.717, 1.165) is 16.9 Å². The van der Waals surface area contributed by atoms with Crippen LogP contribution in [0.2, 0.25) is 0 Å². The van der Waals surface area contributed by atoms with Crippen LogP contribution in [-0.4, -0.2) is 13.0 Å². The van der Waals surface area contributed by atoms with Gasteiger partial charge in [-0.2, -0.15) is 0 Å². The minimum atomic E-state index is -0.161. The molecule has 2 aromatic rings. The predicted octanol–water partition coefficient (Wildman–Crippen LogP) is 2.84. The van der Waals surface area contributed by atoms with Gasteiger partial charge in [0.1, 0.15) is 11.5 Å². The van der Waals surface area contributed by atoms with Gasteiger partial charge in [0.05, 0.1) is 25.5 Å². The Morgan fingerprint density at radius 1 is 1.37 bits per heavy atom. The van der Waals surface area contributed by atoms with Crippen molar-refractivity contribution in [2.75, 3.05) is 7.11 Å². The Morgan fingerprint density at radius 3 is 2.79 bits per heavy atom. The number of carbonyl (C=O) groups excluding carboxylic acids is 1. The largest absolute Gasteiger partial charge is 0.496 e. The van der Waals surface area contributed by atoms with Crippen molar-refractivity contribution in [1.29, 1.82) is 0 Å². The number of hydrogen-bond donors (Lipinski definition) is 1. The Balaban J connectivity index is 2.18. The highest BCUT2D eigenvalue weighted by atomic mass is 16.5. The van der Waals surface area contributed by atoms with Gasteiger partial charge in [0.25, 0.3) is 5.91 Å². The van der Waals surface area contributed by atoms with E-state index in [2.05, 4.69) is 5.32 Å². The quantitative estimate of drug-likeness (QED) is 0.918. The zero-order chi connectivity index (χ0) is 13.8. The molecule has 1 N–H and O–H groups in total. The first-order valence-corrected chi connectivity index (χ1v) is 6.07. The van der Waals surface area contributed by atoms with Crippen molar-refractivity contribution in [3.63, 3.8) is 0 Å². The Bertz CT molecular complexity index is 573. The second kappa shape index (κ2) is 5.61. The summed E-state index contributed by atoms with van der Waals surface area (Å²) in [5, 5.41) is 2.82. The zero-order valence-electron chi connectivity index (χ0n) is 11.3. The van der Waals surface area contributed by atoms with Gasteiger partial charge in [-0.3, -0.25) is 4.79 Å². The molecule has 2 rings (SSSR count). The van der Waals surface area contributed by atoms with Crippen LogP contribution >= 0.6 is 0 Å². The lowest BCUT2D eigenvalue weighted by Gasteiger charge is -2.12. The molecule has 4 heteroatoms. The van der Waals surface area contributed by atoms with E-state index in [-0.39, 0.29) is 5.91 Å². The lowest BCUT2D eigenvalue weighted by atomic mass is 10.0. The molecule has 0 aliphatic carbocycles. The number of carbonyl (C=O) groups is 1. The van der Waals surface area contributed by atoms with E-state index < -0.39 is 0 Å². The van der Waals surface area contributed by atoms with E-state index in [4.69, 9.17) is 9.15 Å². The second-order valence-electron chi connectivity index (χ2n) is 4.42. The van der Waals surface area contributed by atoms with Crippen molar-refractivity contribution in [2.45, 2.75) is 20.4 Å². The monoisotopic (exact) mass is 259 g/mol. The predicted molar refractivity (Wildman–Crippen MR) is 72.3 cm³/mol. The first-order valence-electron chi connectivity index (χ1n) is 6.07. The molecule has 0 fully saturated rings. The second-order valence-corrected chi connectivity index (χ2v) is 4.42. The van der Waals surface area contributed by atoms with E-state index >= 15 is 0 Å². The fourth-order valence-corrected chi connectivity index (χ4v) is 2.05. The number of rotatable bonds is 4. The first kappa shape index (κ1) is 13.2. The van der Waals surface area contributed by atoms with Crippen molar-refractivity contribution in [3.8, 4) is 5.75 Å². The third kappa shape index (κ3) is 2.96. The molecular weight excluding hydrogens is 242 g/mol. The highest BCUT2D eigenvalue weighted by Crippen LogP contribution is 2.24. The molecule has 19 heavy (non-hydrogen) atoms. The van der Waals surface area contributed by atoms with Crippen LogP contribution in [0.1, 0.15) is 27.2 Å². The molecule has 0 atom stereocenters. The molecule has 1 heterocycles. The van der Waals surface area contributed by atoms with E-state index in [9.17, 15) is 4.79 Å². The van der Waals surface area contributed by atoms with Gasteiger partial charge in [-0.05, 0) is 43.2 Å². The number of amides is 1. The van der Waals surface area contributed by atoms with Crippen LogP contribution in [0.4, 0.5) is 0 Å². The van der Waals surface area contributed by atoms with Gasteiger partial charge in [0.2, 0.25) is 0 Å². The summed E-state index contributed by atoms with van der Waals surface area (Å²) >= 11 is 0. The summed E-state index contributed by atoms with van der Waals surface area (Å²) < 4.78 is 10.5. The Labute approximate surface area is 112 Å². The molecule has 0 spiro atoms. The van der Waals surface area contributed by atoms with Gasteiger partial charge >= 0.3 is 0 Å². The topological polar surface area (TPSA) is 51.5 Å². The Hall–Kier alpha value is -2.23. The summed E-state index contributed by atoms with van der Waals surface area (Å²) in [6.45, 7) is 4.24. The van der Waals surface area contributed by atoms with Crippen LogP contribution in [0.3, 0.4) is 0 Å². The highest BCUT2D eigenvalue weighted by Gasteiger charge is 2.15. The maximum absolute atomic E-state index is 12.2. The van der Waals surface area contributed by atoms with Gasteiger partial charge in [-0.1, -0.05) is 6.07 Å². The molecule has 0 aliphatic heterocycles. The zero-order valence-corrected chi connectivity index (χ0v) is 11.3. The van der Waals surface area contributed by atoms with Crippen LogP contribution < -0.4 is 10.1 Å². The number of hydrogen-bond acceptors (Lipinski definition) is 3. The van der Waals surface area contributed by atoms with E-state index in [1.54, 1.807) is 19.4 Å². The molecule has 1 amide bonds. The SMILES string of the molecule is COc1cc(C)cc(C)c1C(=O)NCc1ccco1. The smallest absolute Gasteiger partial charge is 0.255 e. The molecule has 1 aromatic heterocycles. The molecule has 1 aromatic carbocycles. The molecule has 0 unspecified atom stereocenters. The van der Waals surface area contributed by atoms with E-state index in [1.165, 1.54) is 0 Å². The van der Waals surface area contributed by atoms with Crippen molar-refractivity contribution >= 4 is 5.91 Å². The van der Waals surface area contributed by atoms with Crippen LogP contribution in [0, 0.1) is 13.8 Å². The fourth-order valence-electron chi connectivity index (χ4n) is 2.05. The standard InChI is InChI=1S/C15H17NO3/c1-10-7-11(2)14(13(8-10)18-3)15(17)16-9-12-5-4-6-19-12/h4-8H,9H2,1-3H3,(H,16,17). The molecule has 4 nitrogen and oxygen atoms in total. The lowest BCUT2D eigenvalue weighted by molar-refractivity contribution is 0.0944. The number of nitrogens with one attached hydrogen (secondary N) is 1. The van der Waals surface area contributed by atoms with Crippen molar-refractivity contribution in [2.24, 2.45) is 0 Å². The fraction of sp³-hybridized carbons (Fsp3) is 0.267. The lowest BCUT2D eigenvalue weighted by Crippen LogP contribution is -2.24. The third-order valence-corrected chi connectivity index (χ3v) is 2.89. The Kier molecular flexibility index (Phi) is 3.90. The highest BCUT2D eigenvalue weighted by molar-refractivity contribution is 5.98. The number of benzene rings is 1. The molecular formula is C15H17NO3. The molecule has 0 saturated heterocycles. The number of furan rings is 1. The van der Waals surface area contributed by atoms with E-state index in [0.29, 0.717) is 17.9 Å². The average molecular weight is 259 g/mol. The third-order valence-electron chi connectivity index (χ3n) is 2.89. The van der Waals surface area contributed by atoms with Gasteiger partial charge < -0.3 is 14.5 Å². The van der Waals surface area contributed by atoms with Gasteiger partial charge in [0.15, 0.2) is 0 Å². The maximum atomic E-state index is 12.2. The van der Waals surface area contributed by atoms with Crippen LogP contribution in [-0.2, 0) is 6.54 Å². The van der Waals surface area contributed by atoms with Crippen molar-refractivity contribution in [3.05, 3.63) is 53.0 Å². The van der Waals surface area contributed by atoms with Crippen LogP contribution in [0.15, 0.2) is 34.9 Å². The summed E-state index contributed by atoms with van der Waals surface area (Å²) in [4.78, 5) is 12.2. The normalized spacial score (nSPS) is 10.3. The molecule has 0 aliphatic rings. The summed E-state index contributed by atoms with van der Waals surface area (Å²) in [7, 11) is 1.57. The number of methoxy groups -OCH3 is 1. The summed E-state index contributed by atoms with van der Waals surface area (Å²) in [5.41, 5.74) is 2.53. The van der Waals surface area contributed by atoms with Crippen LogP contribution in [0.5, 0.6) is 5.75 Å². The molecule has 0 bridgehead atoms. The maximum Gasteiger partial charge on any atom is 0.255 e. The summed E-state index contributed by atoms with van der Waals surface area (Å²) in [6, 6.07) is 7.43. The van der Waals surface area contributed by atoms with E-state index in [1.807, 2.05) is 32.0 Å². The van der Waals surface area contributed by atoms with Crippen molar-refractivity contribution in [1.82, 2.24) is 5.32 Å².